The summed E-state index contributed by atoms with van der Waals surface area (Å²) in [6.07, 6.45) is 1.59. The molecule has 0 atom stereocenters. The van der Waals surface area contributed by atoms with Gasteiger partial charge in [-0.3, -0.25) is 9.36 Å². The number of hydrogen-bond acceptors (Lipinski definition) is 8. The molecular weight excluding hydrogens is 550 g/mol. The fraction of sp³-hybridized carbons (Fsp3) is 0.240. The number of halogens is 1. The highest BCUT2D eigenvalue weighted by molar-refractivity contribution is 7.99. The predicted molar refractivity (Wildman–Crippen MR) is 144 cm³/mol. The number of benzene rings is 2. The van der Waals surface area contributed by atoms with Crippen LogP contribution in [0.5, 0.6) is 0 Å². The van der Waals surface area contributed by atoms with Gasteiger partial charge in [-0.1, -0.05) is 41.6 Å². The summed E-state index contributed by atoms with van der Waals surface area (Å²) in [6.45, 7) is 2.97. The first-order chi connectivity index (χ1) is 18.3. The van der Waals surface area contributed by atoms with E-state index in [9.17, 15) is 13.2 Å². The van der Waals surface area contributed by atoms with Crippen LogP contribution in [0.3, 0.4) is 0 Å². The number of anilines is 1. The van der Waals surface area contributed by atoms with E-state index in [1.807, 2.05) is 47.9 Å². The highest BCUT2D eigenvalue weighted by Gasteiger charge is 2.29. The molecule has 1 aliphatic heterocycles. The minimum atomic E-state index is -3.83. The molecule has 0 saturated carbocycles. The number of carbonyl (C=O) groups excluding carboxylic acids is 1. The number of aryl methyl sites for hydroxylation is 1. The van der Waals surface area contributed by atoms with Crippen molar-refractivity contribution in [2.45, 2.75) is 17.0 Å². The van der Waals surface area contributed by atoms with Crippen molar-refractivity contribution in [3.8, 4) is 17.1 Å². The largest absolute Gasteiger partial charge is 0.469 e. The molecule has 13 heteroatoms. The molecule has 3 heterocycles. The highest BCUT2D eigenvalue weighted by atomic mass is 35.5. The number of carbonyl (C=O) groups is 1. The Hall–Kier alpha value is -3.16. The quantitative estimate of drug-likeness (QED) is 0.311. The monoisotopic (exact) mass is 573 g/mol. The summed E-state index contributed by atoms with van der Waals surface area (Å²) in [6, 6.07) is 15.8. The van der Waals surface area contributed by atoms with Crippen molar-refractivity contribution in [3.05, 3.63) is 71.6 Å². The fourth-order valence-electron chi connectivity index (χ4n) is 4.00. The molecule has 0 bridgehead atoms. The number of nitrogens with zero attached hydrogens (tertiary/aromatic N) is 4. The van der Waals surface area contributed by atoms with Crippen LogP contribution in [-0.2, 0) is 19.6 Å². The summed E-state index contributed by atoms with van der Waals surface area (Å²) in [5, 5.41) is 12.0. The predicted octanol–water partition coefficient (Wildman–Crippen LogP) is 4.24. The molecule has 1 saturated heterocycles. The Labute approximate surface area is 229 Å². The normalized spacial score (nSPS) is 14.5. The SMILES string of the molecule is Cc1occc1-c1nnc(SCC(=O)Nc2ccc(Cl)c(S(=O)(=O)N3CCOCC3)c2)n1-c1ccccc1. The van der Waals surface area contributed by atoms with Gasteiger partial charge in [0.15, 0.2) is 11.0 Å². The van der Waals surface area contributed by atoms with E-state index in [0.717, 1.165) is 11.3 Å². The van der Waals surface area contributed by atoms with Crippen molar-refractivity contribution in [1.82, 2.24) is 19.1 Å². The van der Waals surface area contributed by atoms with E-state index < -0.39 is 10.0 Å². The van der Waals surface area contributed by atoms with Crippen LogP contribution in [0, 0.1) is 6.92 Å². The van der Waals surface area contributed by atoms with Gasteiger partial charge in [-0.25, -0.2) is 8.42 Å². The zero-order valence-electron chi connectivity index (χ0n) is 20.3. The third kappa shape index (κ3) is 5.49. The Morgan fingerprint density at radius 3 is 2.58 bits per heavy atom. The molecule has 5 rings (SSSR count). The third-order valence-electron chi connectivity index (χ3n) is 5.88. The van der Waals surface area contributed by atoms with Crippen LogP contribution in [0.15, 0.2) is 75.3 Å². The molecule has 2 aromatic heterocycles. The maximum atomic E-state index is 13.1. The number of sulfonamides is 1. The molecule has 1 N–H and O–H groups in total. The second-order valence-corrected chi connectivity index (χ2v) is 11.6. The van der Waals surface area contributed by atoms with Crippen LogP contribution in [-0.4, -0.2) is 65.5 Å². The first-order valence-corrected chi connectivity index (χ1v) is 14.5. The van der Waals surface area contributed by atoms with E-state index in [2.05, 4.69) is 15.5 Å². The van der Waals surface area contributed by atoms with Gasteiger partial charge in [-0.15, -0.1) is 10.2 Å². The van der Waals surface area contributed by atoms with Crippen molar-refractivity contribution in [3.63, 3.8) is 0 Å². The Kier molecular flexibility index (Phi) is 7.86. The Morgan fingerprint density at radius 2 is 1.87 bits per heavy atom. The van der Waals surface area contributed by atoms with Crippen LogP contribution in [0.2, 0.25) is 5.02 Å². The van der Waals surface area contributed by atoms with Gasteiger partial charge in [0.1, 0.15) is 10.7 Å². The van der Waals surface area contributed by atoms with Gasteiger partial charge in [-0.2, -0.15) is 4.31 Å². The average Bonchev–Trinajstić information content (AvgIpc) is 3.55. The number of ether oxygens (including phenoxy) is 1. The van der Waals surface area contributed by atoms with E-state index in [1.54, 1.807) is 12.3 Å². The highest BCUT2D eigenvalue weighted by Crippen LogP contribution is 2.31. The second kappa shape index (κ2) is 11.3. The van der Waals surface area contributed by atoms with E-state index in [1.165, 1.54) is 28.2 Å². The van der Waals surface area contributed by atoms with Crippen LogP contribution < -0.4 is 5.32 Å². The summed E-state index contributed by atoms with van der Waals surface area (Å²) < 4.78 is 40.1. The number of hydrogen-bond donors (Lipinski definition) is 1. The molecule has 1 amide bonds. The van der Waals surface area contributed by atoms with Gasteiger partial charge in [-0.05, 0) is 43.3 Å². The van der Waals surface area contributed by atoms with Crippen molar-refractivity contribution in [1.29, 1.82) is 0 Å². The van der Waals surface area contributed by atoms with E-state index in [0.29, 0.717) is 35.6 Å². The maximum Gasteiger partial charge on any atom is 0.244 e. The number of nitrogens with one attached hydrogen (secondary N) is 1. The smallest absolute Gasteiger partial charge is 0.244 e. The second-order valence-electron chi connectivity index (χ2n) is 8.37. The van der Waals surface area contributed by atoms with Crippen molar-refractivity contribution < 1.29 is 22.4 Å². The molecule has 4 aromatic rings. The first-order valence-electron chi connectivity index (χ1n) is 11.7. The number of aromatic nitrogens is 3. The number of furan rings is 1. The molecule has 0 radical (unpaired) electrons. The standard InChI is InChI=1S/C25H24ClN5O5S2/c1-17-20(9-12-36-17)24-28-29-25(31(24)19-5-3-2-4-6-19)37-16-23(32)27-18-7-8-21(26)22(15-18)38(33,34)30-10-13-35-14-11-30/h2-9,12,15H,10-11,13-14,16H2,1H3,(H,27,32). The molecular formula is C25H24ClN5O5S2. The number of thioether (sulfide) groups is 1. The van der Waals surface area contributed by atoms with Crippen LogP contribution >= 0.6 is 23.4 Å². The lowest BCUT2D eigenvalue weighted by atomic mass is 10.2. The van der Waals surface area contributed by atoms with Crippen molar-refractivity contribution >= 4 is 45.0 Å². The topological polar surface area (TPSA) is 120 Å². The van der Waals surface area contributed by atoms with Gasteiger partial charge < -0.3 is 14.5 Å². The number of amides is 1. The number of para-hydroxylation sites is 1. The summed E-state index contributed by atoms with van der Waals surface area (Å²) in [7, 11) is -3.83. The maximum absolute atomic E-state index is 13.1. The Bertz CT molecular complexity index is 1550. The van der Waals surface area contributed by atoms with Gasteiger partial charge >= 0.3 is 0 Å². The third-order valence-corrected chi connectivity index (χ3v) is 9.19. The average molecular weight is 574 g/mol. The lowest BCUT2D eigenvalue weighted by molar-refractivity contribution is -0.113. The van der Waals surface area contributed by atoms with Crippen molar-refractivity contribution in [2.24, 2.45) is 0 Å². The number of morpholine rings is 1. The van der Waals surface area contributed by atoms with E-state index >= 15 is 0 Å². The summed E-state index contributed by atoms with van der Waals surface area (Å²) in [5.74, 6) is 0.981. The van der Waals surface area contributed by atoms with Crippen LogP contribution in [0.1, 0.15) is 5.76 Å². The van der Waals surface area contributed by atoms with Gasteiger partial charge in [0, 0.05) is 24.5 Å². The molecule has 1 aliphatic rings. The van der Waals surface area contributed by atoms with E-state index in [-0.39, 0.29) is 34.7 Å². The van der Waals surface area contributed by atoms with Crippen molar-refractivity contribution in [2.75, 3.05) is 37.4 Å². The minimum Gasteiger partial charge on any atom is -0.469 e. The molecule has 38 heavy (non-hydrogen) atoms. The lowest BCUT2D eigenvalue weighted by Crippen LogP contribution is -2.40. The zero-order valence-corrected chi connectivity index (χ0v) is 22.7. The van der Waals surface area contributed by atoms with Gasteiger partial charge in [0.25, 0.3) is 0 Å². The molecule has 0 aliphatic carbocycles. The molecule has 198 valence electrons. The molecule has 2 aromatic carbocycles. The lowest BCUT2D eigenvalue weighted by Gasteiger charge is -2.26. The van der Waals surface area contributed by atoms with Gasteiger partial charge in [0.05, 0.1) is 35.8 Å². The van der Waals surface area contributed by atoms with E-state index in [4.69, 9.17) is 20.8 Å². The molecule has 10 nitrogen and oxygen atoms in total. The minimum absolute atomic E-state index is 0.0174. The van der Waals surface area contributed by atoms with Crippen LogP contribution in [0.4, 0.5) is 5.69 Å². The summed E-state index contributed by atoms with van der Waals surface area (Å²) in [4.78, 5) is 12.8. The first kappa shape index (κ1) is 26.4. The Morgan fingerprint density at radius 1 is 1.11 bits per heavy atom. The molecule has 0 unspecified atom stereocenters. The molecule has 0 spiro atoms. The van der Waals surface area contributed by atoms with Crippen LogP contribution in [0.25, 0.3) is 17.1 Å². The fourth-order valence-corrected chi connectivity index (χ4v) is 6.66. The number of rotatable bonds is 8. The summed E-state index contributed by atoms with van der Waals surface area (Å²) in [5.41, 5.74) is 1.96. The zero-order chi connectivity index (χ0) is 26.7. The molecule has 1 fully saturated rings. The Balaban J connectivity index is 1.34. The van der Waals surface area contributed by atoms with Gasteiger partial charge in [0.2, 0.25) is 15.9 Å². The summed E-state index contributed by atoms with van der Waals surface area (Å²) >= 11 is 7.44.